The van der Waals surface area contributed by atoms with E-state index in [9.17, 15) is 24.0 Å². The summed E-state index contributed by atoms with van der Waals surface area (Å²) in [6, 6.07) is 5.13. The molecular weight excluding hydrogens is 1630 g/mol. The molecule has 0 aromatic rings. The summed E-state index contributed by atoms with van der Waals surface area (Å²) in [5.41, 5.74) is 4.05. The van der Waals surface area contributed by atoms with Gasteiger partial charge in [-0.25, -0.2) is 24.0 Å². The van der Waals surface area contributed by atoms with E-state index < -0.39 is 0 Å². The lowest BCUT2D eigenvalue weighted by Gasteiger charge is -2.38. The van der Waals surface area contributed by atoms with E-state index in [-0.39, 0.29) is 82.5 Å². The number of nitrogens with one attached hydrogen (secondary N) is 1. The molecule has 20 atom stereocenters. The molecule has 488 valence electrons. The highest BCUT2D eigenvalue weighted by atomic mass is 127. The van der Waals surface area contributed by atoms with E-state index in [0.29, 0.717) is 72.5 Å². The number of fused-ring (bicyclic) bond motifs is 15. The van der Waals surface area contributed by atoms with Crippen LogP contribution in [-0.4, -0.2) is 196 Å². The monoisotopic (exact) mass is 1710 g/mol. The second-order valence-corrected chi connectivity index (χ2v) is 33.3. The van der Waals surface area contributed by atoms with Crippen molar-refractivity contribution in [3.63, 3.8) is 0 Å². The van der Waals surface area contributed by atoms with E-state index in [1.54, 1.807) is 49.5 Å². The Morgan fingerprint density at radius 3 is 1.43 bits per heavy atom. The Morgan fingerprint density at radius 2 is 0.890 bits per heavy atom. The topological polar surface area (TPSA) is 167 Å². The zero-order valence-corrected chi connectivity index (χ0v) is 61.2. The van der Waals surface area contributed by atoms with Crippen LogP contribution in [0.4, 0.5) is 0 Å². The average molecular weight is 1710 g/mol. The summed E-state index contributed by atoms with van der Waals surface area (Å²) in [6.45, 7) is 7.82. The van der Waals surface area contributed by atoms with Crippen LogP contribution in [-0.2, 0) is 57.1 Å². The molecule has 10 bridgehead atoms. The molecule has 15 aliphatic heterocycles. The SMILES string of the molecule is COC(C)[C@H]1CC[C@H]2N1[C@@H]1C=C(I)C3=CC(=O)O[C@@]32C1.COC(C)[C@H]1CC[C@H]2N1[C@@H]1C=CC3=CC(=O)O[C@@]32C1.O=C1C=C2C(I)=C[C@@H]3C[C@@]2(O1)[C@H]1CCCCN31.O=C1C=C2C(I)=C[C@@H]3C[C@@]2(O1)[C@H]1CCCCN31.O=C1C=C2C(I)=C[C@@H]3C[C@@]2(O1)[C@H]1CCCC[NH+]31.[Cl-]. The highest BCUT2D eigenvalue weighted by Crippen LogP contribution is 2.60. The Bertz CT molecular complexity index is 3290. The van der Waals surface area contributed by atoms with Gasteiger partial charge in [-0.1, -0.05) is 43.2 Å². The van der Waals surface area contributed by atoms with E-state index in [4.69, 9.17) is 33.2 Å². The average Bonchev–Trinajstić information content (AvgIpc) is 1.58. The number of rotatable bonds is 4. The quantitative estimate of drug-likeness (QED) is 0.207. The van der Waals surface area contributed by atoms with Crippen molar-refractivity contribution in [3.8, 4) is 0 Å². The molecule has 1 N–H and O–H groups in total. The maximum atomic E-state index is 11.8. The number of nitrogens with zero attached hydrogens (tertiary/aromatic N) is 4. The van der Waals surface area contributed by atoms with Gasteiger partial charge in [0, 0.05) is 155 Å². The number of methoxy groups -OCH3 is 2. The Labute approximate surface area is 593 Å². The van der Waals surface area contributed by atoms with Gasteiger partial charge in [0.05, 0.1) is 49.3 Å². The van der Waals surface area contributed by atoms with Crippen LogP contribution in [0.5, 0.6) is 0 Å². The van der Waals surface area contributed by atoms with E-state index in [1.165, 1.54) is 84.2 Å². The molecule has 0 aromatic carbocycles. The first-order chi connectivity index (χ1) is 43.3. The summed E-state index contributed by atoms with van der Waals surface area (Å²) in [5, 5.41) is 0. The van der Waals surface area contributed by atoms with Crippen molar-refractivity contribution in [2.45, 2.75) is 242 Å². The molecule has 0 radical (unpaired) electrons. The van der Waals surface area contributed by atoms with Crippen LogP contribution in [0.15, 0.2) is 109 Å². The van der Waals surface area contributed by atoms with Crippen LogP contribution in [0.25, 0.3) is 0 Å². The molecule has 5 aliphatic carbocycles. The van der Waals surface area contributed by atoms with Crippen molar-refractivity contribution >= 4 is 120 Å². The van der Waals surface area contributed by atoms with Crippen LogP contribution >= 0.6 is 90.4 Å². The largest absolute Gasteiger partial charge is 1.00 e. The molecule has 3 unspecified atom stereocenters. The fourth-order valence-corrected chi connectivity index (χ4v) is 25.4. The Hall–Kier alpha value is -2.32. The van der Waals surface area contributed by atoms with Gasteiger partial charge in [-0.15, -0.1) is 0 Å². The van der Waals surface area contributed by atoms with Crippen molar-refractivity contribution < 1.29 is 74.4 Å². The number of hydrogen-bond donors (Lipinski definition) is 1. The molecule has 0 aromatic heterocycles. The Kier molecular flexibility index (Phi) is 17.1. The van der Waals surface area contributed by atoms with E-state index in [0.717, 1.165) is 93.2 Å². The van der Waals surface area contributed by atoms with Gasteiger partial charge in [-0.05, 0) is 188 Å². The van der Waals surface area contributed by atoms with Crippen molar-refractivity contribution in [1.29, 1.82) is 0 Å². The zero-order chi connectivity index (χ0) is 62.1. The normalized spacial score (nSPS) is 44.1. The molecule has 15 heterocycles. The molecule has 20 rings (SSSR count). The lowest BCUT2D eigenvalue weighted by atomic mass is 9.80. The maximum Gasteiger partial charge on any atom is 0.332 e. The smallest absolute Gasteiger partial charge is 0.332 e. The summed E-state index contributed by atoms with van der Waals surface area (Å²) >= 11 is 9.43. The van der Waals surface area contributed by atoms with Gasteiger partial charge in [0.1, 0.15) is 12.1 Å². The van der Waals surface area contributed by atoms with E-state index in [2.05, 4.69) is 160 Å². The minimum absolute atomic E-state index is 0. The zero-order valence-electron chi connectivity index (χ0n) is 51.9. The standard InChI is InChI=1S/C15H18INO3.C15H19NO3.3C13H14INO2.ClH/c1-8(19-2)12-3-4-13-15-7-9(17(12)13)5-11(16)10(15)6-14(18)20-15;1-9(18-2)12-5-6-13-15-8-11(16(12)13)4-3-10(15)7-14(17)19-15;3*14-10-5-8-7-13(9(10)6-12(16)17-13)11-3-1-2-4-15(8)11;/h5-6,8-9,12-13H,3-4,7H2,1-2H3;3-4,7,9,11-13H,5-6,8H2,1-2H3;3*5-6,8,11H,1-4,7H2;1H/t8?,9-,12-,13-,15+;9?,11-,12-,13-,15+;3*8-,11-,13+;/m11111./s1. The number of halogens is 5. The number of carbonyl (C=O) groups excluding carboxylic acids is 5. The van der Waals surface area contributed by atoms with Crippen LogP contribution in [0.2, 0.25) is 0 Å². The molecule has 17 nitrogen and oxygen atoms in total. The minimum Gasteiger partial charge on any atom is -1.00 e. The number of carbonyl (C=O) groups is 5. The molecule has 0 saturated carbocycles. The molecule has 0 amide bonds. The highest BCUT2D eigenvalue weighted by Gasteiger charge is 2.69. The van der Waals surface area contributed by atoms with Gasteiger partial charge in [0.2, 0.25) is 0 Å². The van der Waals surface area contributed by atoms with E-state index >= 15 is 0 Å². The van der Waals surface area contributed by atoms with Gasteiger partial charge in [-0.3, -0.25) is 19.6 Å². The number of piperidine rings is 3. The van der Waals surface area contributed by atoms with Crippen molar-refractivity contribution in [2.75, 3.05) is 33.9 Å². The van der Waals surface area contributed by atoms with Crippen molar-refractivity contribution in [1.82, 2.24) is 19.6 Å². The molecule has 5 spiro atoms. The van der Waals surface area contributed by atoms with E-state index in [1.807, 2.05) is 0 Å². The molecule has 10 saturated heterocycles. The maximum absolute atomic E-state index is 11.8. The predicted molar refractivity (Wildman–Crippen MR) is 367 cm³/mol. The molecule has 22 heteroatoms. The number of quaternary nitrogens is 1. The minimum atomic E-state index is -0.380. The van der Waals surface area contributed by atoms with Crippen LogP contribution in [0.1, 0.15) is 129 Å². The molecular formula is C69H80ClI4N5O12. The summed E-state index contributed by atoms with van der Waals surface area (Å²) < 4.78 is 44.9. The third kappa shape index (κ3) is 9.85. The fourth-order valence-electron chi connectivity index (χ4n) is 21.3. The van der Waals surface area contributed by atoms with Gasteiger partial charge >= 0.3 is 29.8 Å². The summed E-state index contributed by atoms with van der Waals surface area (Å²) in [4.78, 5) is 70.4. The summed E-state index contributed by atoms with van der Waals surface area (Å²) in [6.07, 6.45) is 43.0. The van der Waals surface area contributed by atoms with Crippen molar-refractivity contribution in [3.05, 3.63) is 109 Å². The summed E-state index contributed by atoms with van der Waals surface area (Å²) in [5.74, 6) is -0.764. The van der Waals surface area contributed by atoms with Gasteiger partial charge in [-0.2, -0.15) is 0 Å². The Morgan fingerprint density at radius 1 is 0.473 bits per heavy atom. The predicted octanol–water partition coefficient (Wildman–Crippen LogP) is 5.69. The first kappa shape index (κ1) is 64.7. The molecule has 10 fully saturated rings. The first-order valence-electron chi connectivity index (χ1n) is 33.3. The molecule has 20 aliphatic rings. The Balaban J connectivity index is 0.0000000945. The summed E-state index contributed by atoms with van der Waals surface area (Å²) in [7, 11) is 3.55. The third-order valence-electron chi connectivity index (χ3n) is 24.9. The van der Waals surface area contributed by atoms with Crippen LogP contribution in [0.3, 0.4) is 0 Å². The molecule has 91 heavy (non-hydrogen) atoms. The fraction of sp³-hybridized carbons (Fsp3) is 0.638. The van der Waals surface area contributed by atoms with Gasteiger partial charge < -0.3 is 50.5 Å². The third-order valence-corrected chi connectivity index (χ3v) is 28.6. The van der Waals surface area contributed by atoms with Crippen molar-refractivity contribution in [2.24, 2.45) is 0 Å². The second kappa shape index (κ2) is 24.0. The highest BCUT2D eigenvalue weighted by molar-refractivity contribution is 14.1. The van der Waals surface area contributed by atoms with Crippen LogP contribution in [0, 0.1) is 0 Å². The lowest BCUT2D eigenvalue weighted by Crippen LogP contribution is -3.18. The van der Waals surface area contributed by atoms with Gasteiger partial charge in [0.15, 0.2) is 28.0 Å². The second-order valence-electron chi connectivity index (χ2n) is 28.7. The number of ether oxygens (including phenoxy) is 7. The number of esters is 5. The lowest BCUT2D eigenvalue weighted by molar-refractivity contribution is -0.937. The number of hydrogen-bond acceptors (Lipinski definition) is 16. The van der Waals surface area contributed by atoms with Crippen LogP contribution < -0.4 is 17.3 Å². The van der Waals surface area contributed by atoms with Gasteiger partial charge in [0.25, 0.3) is 0 Å². The first-order valence-corrected chi connectivity index (χ1v) is 37.6.